The van der Waals surface area contributed by atoms with Gasteiger partial charge >= 0.3 is 0 Å². The minimum absolute atomic E-state index is 0. The van der Waals surface area contributed by atoms with Crippen LogP contribution in [-0.2, 0) is 14.9 Å². The molecule has 2 N–H and O–H groups in total. The van der Waals surface area contributed by atoms with Crippen LogP contribution in [0.25, 0.3) is 0 Å². The fraction of sp³-hybridized carbons (Fsp3) is 0.632. The number of amides is 1. The summed E-state index contributed by atoms with van der Waals surface area (Å²) >= 11 is 6.20. The van der Waals surface area contributed by atoms with E-state index in [1.807, 2.05) is 29.2 Å². The Balaban J connectivity index is 0.00000225. The molecular weight excluding hydrogens is 359 g/mol. The van der Waals surface area contributed by atoms with Gasteiger partial charge in [0.05, 0.1) is 5.41 Å². The van der Waals surface area contributed by atoms with Gasteiger partial charge in [-0.05, 0) is 56.2 Å². The summed E-state index contributed by atoms with van der Waals surface area (Å²) in [6, 6.07) is 7.97. The number of carbonyl (C=O) groups is 1. The molecule has 2 aliphatic rings. The molecule has 2 saturated heterocycles. The molecule has 1 unspecified atom stereocenters. The highest BCUT2D eigenvalue weighted by Gasteiger charge is 2.44. The molecule has 140 valence electrons. The van der Waals surface area contributed by atoms with Crippen LogP contribution in [0.4, 0.5) is 0 Å². The Morgan fingerprint density at radius 2 is 1.96 bits per heavy atom. The third-order valence-corrected chi connectivity index (χ3v) is 5.94. The minimum Gasteiger partial charge on any atom is -0.381 e. The van der Waals surface area contributed by atoms with E-state index >= 15 is 0 Å². The summed E-state index contributed by atoms with van der Waals surface area (Å²) in [5, 5.41) is 0.682. The number of piperidine rings is 1. The number of hydrogen-bond donors (Lipinski definition) is 1. The molecular formula is C19H28Cl2N2O2. The first-order valence-electron chi connectivity index (χ1n) is 8.92. The van der Waals surface area contributed by atoms with E-state index in [0.29, 0.717) is 24.2 Å². The van der Waals surface area contributed by atoms with Gasteiger partial charge < -0.3 is 15.4 Å². The highest BCUT2D eigenvalue weighted by molar-refractivity contribution is 6.30. The van der Waals surface area contributed by atoms with E-state index in [4.69, 9.17) is 22.1 Å². The molecule has 3 rings (SSSR count). The molecule has 2 fully saturated rings. The predicted octanol–water partition coefficient (Wildman–Crippen LogP) is 3.40. The number of rotatable bonds is 3. The topological polar surface area (TPSA) is 55.6 Å². The van der Waals surface area contributed by atoms with E-state index in [-0.39, 0.29) is 24.4 Å². The van der Waals surface area contributed by atoms with Gasteiger partial charge in [-0.1, -0.05) is 23.7 Å². The normalized spacial score (nSPS) is 22.1. The van der Waals surface area contributed by atoms with Crippen molar-refractivity contribution >= 4 is 29.9 Å². The molecule has 0 aromatic heterocycles. The molecule has 1 aromatic rings. The molecule has 25 heavy (non-hydrogen) atoms. The van der Waals surface area contributed by atoms with Gasteiger partial charge in [0.2, 0.25) is 5.91 Å². The van der Waals surface area contributed by atoms with Crippen molar-refractivity contribution in [1.82, 2.24) is 4.90 Å². The number of nitrogens with two attached hydrogens (primary N) is 1. The average Bonchev–Trinajstić information content (AvgIpc) is 2.62. The second-order valence-electron chi connectivity index (χ2n) is 7.19. The number of benzene rings is 1. The third-order valence-electron chi connectivity index (χ3n) is 5.70. The van der Waals surface area contributed by atoms with Gasteiger partial charge in [0, 0.05) is 37.4 Å². The molecule has 0 saturated carbocycles. The van der Waals surface area contributed by atoms with Crippen molar-refractivity contribution < 1.29 is 9.53 Å². The quantitative estimate of drug-likeness (QED) is 0.865. The Kier molecular flexibility index (Phi) is 7.15. The van der Waals surface area contributed by atoms with Gasteiger partial charge in [-0.25, -0.2) is 0 Å². The molecule has 0 aliphatic carbocycles. The lowest BCUT2D eigenvalue weighted by Crippen LogP contribution is -2.52. The Morgan fingerprint density at radius 1 is 1.32 bits per heavy atom. The van der Waals surface area contributed by atoms with Crippen LogP contribution in [0.3, 0.4) is 0 Å². The van der Waals surface area contributed by atoms with Gasteiger partial charge in [-0.15, -0.1) is 12.4 Å². The Bertz CT molecular complexity index is 581. The van der Waals surface area contributed by atoms with Crippen LogP contribution >= 0.6 is 24.0 Å². The average molecular weight is 387 g/mol. The Labute approximate surface area is 161 Å². The summed E-state index contributed by atoms with van der Waals surface area (Å²) in [5.74, 6) is 0.752. The number of carbonyl (C=O) groups excluding carboxylic acids is 1. The number of likely N-dealkylation sites (tertiary alicyclic amines) is 1. The molecule has 2 aliphatic heterocycles. The monoisotopic (exact) mass is 386 g/mol. The summed E-state index contributed by atoms with van der Waals surface area (Å²) in [5.41, 5.74) is 6.56. The summed E-state index contributed by atoms with van der Waals surface area (Å²) in [6.45, 7) is 4.90. The first-order valence-corrected chi connectivity index (χ1v) is 9.29. The van der Waals surface area contributed by atoms with Crippen LogP contribution in [0, 0.1) is 5.92 Å². The van der Waals surface area contributed by atoms with Crippen LogP contribution in [-0.4, -0.2) is 43.2 Å². The molecule has 2 heterocycles. The fourth-order valence-corrected chi connectivity index (χ4v) is 4.25. The van der Waals surface area contributed by atoms with E-state index in [1.165, 1.54) is 0 Å². The zero-order chi connectivity index (χ0) is 17.2. The van der Waals surface area contributed by atoms with Crippen molar-refractivity contribution in [1.29, 1.82) is 0 Å². The van der Waals surface area contributed by atoms with Crippen LogP contribution < -0.4 is 5.73 Å². The zero-order valence-corrected chi connectivity index (χ0v) is 16.3. The summed E-state index contributed by atoms with van der Waals surface area (Å²) in [4.78, 5) is 15.5. The van der Waals surface area contributed by atoms with Gasteiger partial charge in [-0.3, -0.25) is 4.79 Å². The van der Waals surface area contributed by atoms with E-state index in [1.54, 1.807) is 0 Å². The van der Waals surface area contributed by atoms with Crippen molar-refractivity contribution in [3.05, 3.63) is 34.9 Å². The first kappa shape index (κ1) is 20.5. The van der Waals surface area contributed by atoms with E-state index in [9.17, 15) is 4.79 Å². The maximum absolute atomic E-state index is 13.5. The fourth-order valence-electron chi connectivity index (χ4n) is 4.06. The SMILES string of the molecule is CC(N)C1CCN(C(=O)C2(c3cccc(Cl)c3)CCOCC2)CC1.Cl. The predicted molar refractivity (Wildman–Crippen MR) is 103 cm³/mol. The second kappa shape index (κ2) is 8.72. The van der Waals surface area contributed by atoms with E-state index in [0.717, 1.165) is 44.3 Å². The molecule has 0 bridgehead atoms. The molecule has 0 spiro atoms. The lowest BCUT2D eigenvalue weighted by Gasteiger charge is -2.43. The van der Waals surface area contributed by atoms with Crippen LogP contribution in [0.15, 0.2) is 24.3 Å². The van der Waals surface area contributed by atoms with Crippen molar-refractivity contribution in [2.75, 3.05) is 26.3 Å². The maximum atomic E-state index is 13.5. The number of halogens is 2. The Morgan fingerprint density at radius 3 is 2.52 bits per heavy atom. The summed E-state index contributed by atoms with van der Waals surface area (Å²) in [6.07, 6.45) is 3.43. The van der Waals surface area contributed by atoms with Crippen LogP contribution in [0.5, 0.6) is 0 Å². The molecule has 1 aromatic carbocycles. The molecule has 6 heteroatoms. The molecule has 1 amide bonds. The molecule has 4 nitrogen and oxygen atoms in total. The molecule has 1 atom stereocenters. The second-order valence-corrected chi connectivity index (χ2v) is 7.63. The van der Waals surface area contributed by atoms with Gasteiger partial charge in [0.25, 0.3) is 0 Å². The third kappa shape index (κ3) is 4.30. The summed E-state index contributed by atoms with van der Waals surface area (Å²) in [7, 11) is 0. The maximum Gasteiger partial charge on any atom is 0.233 e. The van der Waals surface area contributed by atoms with Gasteiger partial charge in [0.15, 0.2) is 0 Å². The van der Waals surface area contributed by atoms with Crippen LogP contribution in [0.1, 0.15) is 38.2 Å². The van der Waals surface area contributed by atoms with E-state index < -0.39 is 5.41 Å². The van der Waals surface area contributed by atoms with Crippen molar-refractivity contribution in [2.24, 2.45) is 11.7 Å². The number of hydrogen-bond acceptors (Lipinski definition) is 3. The lowest BCUT2D eigenvalue weighted by molar-refractivity contribution is -0.142. The van der Waals surface area contributed by atoms with Gasteiger partial charge in [0.1, 0.15) is 0 Å². The van der Waals surface area contributed by atoms with Crippen molar-refractivity contribution in [3.8, 4) is 0 Å². The van der Waals surface area contributed by atoms with E-state index in [2.05, 4.69) is 6.92 Å². The van der Waals surface area contributed by atoms with Crippen molar-refractivity contribution in [3.63, 3.8) is 0 Å². The summed E-state index contributed by atoms with van der Waals surface area (Å²) < 4.78 is 5.54. The highest BCUT2D eigenvalue weighted by atomic mass is 35.5. The van der Waals surface area contributed by atoms with Gasteiger partial charge in [-0.2, -0.15) is 0 Å². The molecule has 0 radical (unpaired) electrons. The lowest BCUT2D eigenvalue weighted by atomic mass is 9.72. The van der Waals surface area contributed by atoms with Crippen LogP contribution in [0.2, 0.25) is 5.02 Å². The standard InChI is InChI=1S/C19H27ClN2O2.ClH/c1-14(21)15-5-9-22(10-6-15)18(23)19(7-11-24-12-8-19)16-3-2-4-17(20)13-16;/h2-4,13-15H,5-12,21H2,1H3;1H. The van der Waals surface area contributed by atoms with Crippen molar-refractivity contribution in [2.45, 2.75) is 44.1 Å². The first-order chi connectivity index (χ1) is 11.5. The smallest absolute Gasteiger partial charge is 0.233 e. The Hall–Kier alpha value is -0.810. The number of ether oxygens (including phenoxy) is 1. The number of nitrogens with zero attached hydrogens (tertiary/aromatic N) is 1. The zero-order valence-electron chi connectivity index (χ0n) is 14.7. The largest absolute Gasteiger partial charge is 0.381 e. The highest BCUT2D eigenvalue weighted by Crippen LogP contribution is 2.38. The minimum atomic E-state index is -0.496.